The molecule has 0 aliphatic heterocycles. The fraction of sp³-hybridized carbons (Fsp3) is 0.273. The first-order chi connectivity index (χ1) is 7.25. The molecule has 1 N–H and O–H groups in total. The number of benzene rings is 1. The van der Waals surface area contributed by atoms with Gasteiger partial charge in [0.1, 0.15) is 5.03 Å². The zero-order valence-electron chi connectivity index (χ0n) is 8.82. The smallest absolute Gasteiger partial charge is 0.139 e. The summed E-state index contributed by atoms with van der Waals surface area (Å²) in [5.41, 5.74) is 4.00. The summed E-state index contributed by atoms with van der Waals surface area (Å²) in [6, 6.07) is 6.53. The number of aromatic amines is 1. The van der Waals surface area contributed by atoms with Crippen LogP contribution < -0.4 is 0 Å². The van der Waals surface area contributed by atoms with Crippen molar-refractivity contribution in [2.24, 2.45) is 0 Å². The van der Waals surface area contributed by atoms with Crippen LogP contribution in [0.4, 0.5) is 0 Å². The third-order valence-corrected chi connectivity index (χ3v) is 3.21. The van der Waals surface area contributed by atoms with E-state index in [1.807, 2.05) is 0 Å². The number of aryl methyl sites for hydroxylation is 2. The second-order valence-electron chi connectivity index (χ2n) is 3.53. The average molecular weight is 219 g/mol. The van der Waals surface area contributed by atoms with Gasteiger partial charge in [-0.3, -0.25) is 0 Å². The first-order valence-corrected chi connectivity index (χ1v) is 5.79. The summed E-state index contributed by atoms with van der Waals surface area (Å²) in [7, 11) is 0. The van der Waals surface area contributed by atoms with Gasteiger partial charge < -0.3 is 0 Å². The van der Waals surface area contributed by atoms with E-state index in [0.717, 1.165) is 10.8 Å². The minimum atomic E-state index is 0.940. The standard InChI is InChI=1S/C11H13N3S/c1-8-3-4-10(9(2)5-8)7-15-11-6-12-14-13-11/h3-6H,7H2,1-2H3,(H,12,13,14). The third-order valence-electron chi connectivity index (χ3n) is 2.27. The Morgan fingerprint density at radius 1 is 1.33 bits per heavy atom. The predicted octanol–water partition coefficient (Wildman–Crippen LogP) is 2.71. The predicted molar refractivity (Wildman–Crippen MR) is 61.9 cm³/mol. The molecule has 0 saturated heterocycles. The summed E-state index contributed by atoms with van der Waals surface area (Å²) >= 11 is 1.70. The van der Waals surface area contributed by atoms with Crippen molar-refractivity contribution >= 4 is 11.8 Å². The molecular formula is C11H13N3S. The maximum Gasteiger partial charge on any atom is 0.139 e. The number of H-pyrrole nitrogens is 1. The number of nitrogens with zero attached hydrogens (tertiary/aromatic N) is 2. The highest BCUT2D eigenvalue weighted by Gasteiger charge is 2.01. The summed E-state index contributed by atoms with van der Waals surface area (Å²) < 4.78 is 0. The molecule has 15 heavy (non-hydrogen) atoms. The maximum absolute atomic E-state index is 4.01. The van der Waals surface area contributed by atoms with Crippen LogP contribution >= 0.6 is 11.8 Å². The van der Waals surface area contributed by atoms with Crippen LogP contribution in [0.3, 0.4) is 0 Å². The van der Waals surface area contributed by atoms with E-state index in [1.165, 1.54) is 16.7 Å². The highest BCUT2D eigenvalue weighted by molar-refractivity contribution is 7.98. The Bertz CT molecular complexity index is 437. The van der Waals surface area contributed by atoms with Crippen LogP contribution in [0.2, 0.25) is 0 Å². The number of rotatable bonds is 3. The van der Waals surface area contributed by atoms with Crippen LogP contribution in [0.5, 0.6) is 0 Å². The topological polar surface area (TPSA) is 41.6 Å². The molecule has 0 spiro atoms. The van der Waals surface area contributed by atoms with Crippen molar-refractivity contribution < 1.29 is 0 Å². The molecule has 1 aromatic carbocycles. The van der Waals surface area contributed by atoms with E-state index in [4.69, 9.17) is 0 Å². The molecule has 0 bridgehead atoms. The summed E-state index contributed by atoms with van der Waals surface area (Å²) in [5, 5.41) is 11.3. The van der Waals surface area contributed by atoms with Crippen LogP contribution in [0, 0.1) is 13.8 Å². The Balaban J connectivity index is 2.05. The molecule has 4 heteroatoms. The first-order valence-electron chi connectivity index (χ1n) is 4.80. The minimum absolute atomic E-state index is 0.940. The minimum Gasteiger partial charge on any atom is -0.197 e. The molecule has 2 aromatic rings. The van der Waals surface area contributed by atoms with Gasteiger partial charge in [-0.1, -0.05) is 35.5 Å². The zero-order chi connectivity index (χ0) is 10.7. The van der Waals surface area contributed by atoms with E-state index < -0.39 is 0 Å². The maximum atomic E-state index is 4.01. The molecule has 0 fully saturated rings. The lowest BCUT2D eigenvalue weighted by Crippen LogP contribution is -1.87. The molecule has 2 rings (SSSR count). The van der Waals surface area contributed by atoms with Crippen LogP contribution in [-0.2, 0) is 5.75 Å². The van der Waals surface area contributed by atoms with E-state index in [-0.39, 0.29) is 0 Å². The van der Waals surface area contributed by atoms with Crippen LogP contribution in [0.15, 0.2) is 29.4 Å². The monoisotopic (exact) mass is 219 g/mol. The SMILES string of the molecule is Cc1ccc(CSc2cn[nH]n2)c(C)c1. The molecule has 0 aliphatic carbocycles. The van der Waals surface area contributed by atoms with Crippen molar-refractivity contribution in [1.82, 2.24) is 15.4 Å². The van der Waals surface area contributed by atoms with Crippen molar-refractivity contribution in [2.45, 2.75) is 24.6 Å². The van der Waals surface area contributed by atoms with Gasteiger partial charge in [-0.25, -0.2) is 0 Å². The van der Waals surface area contributed by atoms with Crippen molar-refractivity contribution in [3.05, 3.63) is 41.1 Å². The Morgan fingerprint density at radius 3 is 2.87 bits per heavy atom. The van der Waals surface area contributed by atoms with Gasteiger partial charge in [0.05, 0.1) is 6.20 Å². The van der Waals surface area contributed by atoms with Gasteiger partial charge in [-0.15, -0.1) is 5.10 Å². The van der Waals surface area contributed by atoms with Gasteiger partial charge in [-0.05, 0) is 25.0 Å². The number of hydrogen-bond acceptors (Lipinski definition) is 3. The van der Waals surface area contributed by atoms with Gasteiger partial charge in [-0.2, -0.15) is 10.3 Å². The largest absolute Gasteiger partial charge is 0.197 e. The summed E-state index contributed by atoms with van der Waals surface area (Å²) in [5.74, 6) is 0.943. The summed E-state index contributed by atoms with van der Waals surface area (Å²) in [4.78, 5) is 0. The molecule has 1 heterocycles. The van der Waals surface area contributed by atoms with Crippen molar-refractivity contribution in [3.8, 4) is 0 Å². The number of thioether (sulfide) groups is 1. The fourth-order valence-electron chi connectivity index (χ4n) is 1.42. The Labute approximate surface area is 93.3 Å². The normalized spacial score (nSPS) is 10.5. The molecule has 0 unspecified atom stereocenters. The Hall–Kier alpha value is -1.29. The second kappa shape index (κ2) is 4.49. The quantitative estimate of drug-likeness (QED) is 0.807. The Morgan fingerprint density at radius 2 is 2.20 bits per heavy atom. The fourth-order valence-corrected chi connectivity index (χ4v) is 2.28. The highest BCUT2D eigenvalue weighted by Crippen LogP contribution is 2.22. The van der Waals surface area contributed by atoms with E-state index >= 15 is 0 Å². The van der Waals surface area contributed by atoms with Gasteiger partial charge in [0.25, 0.3) is 0 Å². The molecule has 0 atom stereocenters. The van der Waals surface area contributed by atoms with E-state index in [2.05, 4.69) is 47.5 Å². The van der Waals surface area contributed by atoms with Gasteiger partial charge in [0.15, 0.2) is 0 Å². The molecule has 0 aliphatic rings. The number of aromatic nitrogens is 3. The lowest BCUT2D eigenvalue weighted by molar-refractivity contribution is 0.911. The second-order valence-corrected chi connectivity index (χ2v) is 4.52. The van der Waals surface area contributed by atoms with E-state index in [0.29, 0.717) is 0 Å². The van der Waals surface area contributed by atoms with Gasteiger partial charge >= 0.3 is 0 Å². The summed E-state index contributed by atoms with van der Waals surface area (Å²) in [6.07, 6.45) is 1.74. The molecule has 3 nitrogen and oxygen atoms in total. The van der Waals surface area contributed by atoms with Crippen molar-refractivity contribution in [3.63, 3.8) is 0 Å². The Kier molecular flexibility index (Phi) is 3.06. The number of hydrogen-bond donors (Lipinski definition) is 1. The highest BCUT2D eigenvalue weighted by atomic mass is 32.2. The lowest BCUT2D eigenvalue weighted by atomic mass is 10.1. The van der Waals surface area contributed by atoms with E-state index in [9.17, 15) is 0 Å². The van der Waals surface area contributed by atoms with Crippen LogP contribution in [-0.4, -0.2) is 15.4 Å². The van der Waals surface area contributed by atoms with Crippen LogP contribution in [0.25, 0.3) is 0 Å². The van der Waals surface area contributed by atoms with E-state index in [1.54, 1.807) is 18.0 Å². The molecule has 1 aromatic heterocycles. The third kappa shape index (κ3) is 2.59. The lowest BCUT2D eigenvalue weighted by Gasteiger charge is -2.04. The van der Waals surface area contributed by atoms with Crippen LogP contribution in [0.1, 0.15) is 16.7 Å². The first kappa shape index (κ1) is 10.2. The average Bonchev–Trinajstić information content (AvgIpc) is 2.69. The zero-order valence-corrected chi connectivity index (χ0v) is 9.64. The van der Waals surface area contributed by atoms with Gasteiger partial charge in [0.2, 0.25) is 0 Å². The molecule has 0 amide bonds. The molecule has 78 valence electrons. The van der Waals surface area contributed by atoms with Crippen molar-refractivity contribution in [1.29, 1.82) is 0 Å². The molecule has 0 radical (unpaired) electrons. The van der Waals surface area contributed by atoms with Gasteiger partial charge in [0, 0.05) is 5.75 Å². The summed E-state index contributed by atoms with van der Waals surface area (Å²) in [6.45, 7) is 4.26. The molecular weight excluding hydrogens is 206 g/mol. The number of nitrogens with one attached hydrogen (secondary N) is 1. The van der Waals surface area contributed by atoms with Crippen molar-refractivity contribution in [2.75, 3.05) is 0 Å². The molecule has 0 saturated carbocycles.